The maximum Gasteiger partial charge on any atom is 0.550 e. The molecule has 0 aromatic rings. The average Bonchev–Trinajstić information content (AvgIpc) is 2.36. The van der Waals surface area contributed by atoms with E-state index in [1.54, 1.807) is 0 Å². The minimum absolute atomic E-state index is 0.199. The lowest BCUT2D eigenvalue weighted by molar-refractivity contribution is -0.218. The molecule has 0 spiro atoms. The van der Waals surface area contributed by atoms with Crippen LogP contribution in [-0.4, -0.2) is 23.5 Å². The summed E-state index contributed by atoms with van der Waals surface area (Å²) < 4.78 is 4.95. The van der Waals surface area contributed by atoms with E-state index in [9.17, 15) is 9.59 Å². The molecular weight excluding hydrogens is 240 g/mol. The molecule has 0 aromatic heterocycles. The molecule has 0 aromatic carbocycles. The molecule has 0 heterocycles. The standard InChI is InChI=1S/C12H20O6/c1-3-8(2)9-4-6-10(7-5-9)16-12(15)18-17-11(13)14/h8-10H,3-7H2,1-2H3,(H,13,14). The highest BCUT2D eigenvalue weighted by Gasteiger charge is 2.27. The molecule has 0 amide bonds. The Morgan fingerprint density at radius 2 is 1.83 bits per heavy atom. The highest BCUT2D eigenvalue weighted by molar-refractivity contribution is 5.62. The lowest BCUT2D eigenvalue weighted by Gasteiger charge is -2.31. The second-order valence-corrected chi connectivity index (χ2v) is 4.72. The Balaban J connectivity index is 2.22. The molecule has 1 aliphatic rings. The Kier molecular flexibility index (Phi) is 5.74. The zero-order valence-electron chi connectivity index (χ0n) is 10.8. The fraction of sp³-hybridized carbons (Fsp3) is 0.833. The predicted octanol–water partition coefficient (Wildman–Crippen LogP) is 3.35. The Morgan fingerprint density at radius 3 is 2.33 bits per heavy atom. The highest BCUT2D eigenvalue weighted by atomic mass is 17.3. The molecular formula is C12H20O6. The molecule has 1 rings (SSSR count). The maximum absolute atomic E-state index is 11.1. The molecule has 6 heteroatoms. The van der Waals surface area contributed by atoms with Gasteiger partial charge >= 0.3 is 12.3 Å². The minimum atomic E-state index is -1.67. The van der Waals surface area contributed by atoms with Gasteiger partial charge in [-0.1, -0.05) is 20.3 Å². The van der Waals surface area contributed by atoms with Gasteiger partial charge in [0, 0.05) is 0 Å². The summed E-state index contributed by atoms with van der Waals surface area (Å²) in [5.41, 5.74) is 0. The predicted molar refractivity (Wildman–Crippen MR) is 61.9 cm³/mol. The Bertz CT molecular complexity index is 282. The molecule has 1 atom stereocenters. The third-order valence-electron chi connectivity index (χ3n) is 3.61. The SMILES string of the molecule is CCC(C)C1CCC(OC(=O)OOC(=O)O)CC1. The van der Waals surface area contributed by atoms with Gasteiger partial charge in [-0.2, -0.15) is 9.68 Å². The number of carbonyl (C=O) groups is 2. The largest absolute Gasteiger partial charge is 0.550 e. The number of hydrogen-bond acceptors (Lipinski definition) is 5. The van der Waals surface area contributed by atoms with Crippen LogP contribution < -0.4 is 0 Å². The molecule has 1 N–H and O–H groups in total. The van der Waals surface area contributed by atoms with E-state index >= 15 is 0 Å². The van der Waals surface area contributed by atoms with Crippen molar-refractivity contribution in [3.05, 3.63) is 0 Å². The van der Waals surface area contributed by atoms with E-state index in [0.717, 1.165) is 32.1 Å². The van der Waals surface area contributed by atoms with Gasteiger partial charge in [-0.05, 0) is 37.5 Å². The number of carboxylic acid groups (broad SMARTS) is 1. The first-order chi connectivity index (χ1) is 8.52. The molecule has 0 radical (unpaired) electrons. The summed E-state index contributed by atoms with van der Waals surface area (Å²) in [4.78, 5) is 28.7. The summed E-state index contributed by atoms with van der Waals surface area (Å²) >= 11 is 0. The van der Waals surface area contributed by atoms with Gasteiger partial charge < -0.3 is 9.84 Å². The van der Waals surface area contributed by atoms with Gasteiger partial charge in [0.1, 0.15) is 6.10 Å². The van der Waals surface area contributed by atoms with E-state index in [1.165, 1.54) is 0 Å². The second kappa shape index (κ2) is 7.08. The van der Waals surface area contributed by atoms with Gasteiger partial charge in [0.25, 0.3) is 0 Å². The summed E-state index contributed by atoms with van der Waals surface area (Å²) in [5, 5.41) is 8.14. The van der Waals surface area contributed by atoms with Crippen LogP contribution in [0.4, 0.5) is 9.59 Å². The van der Waals surface area contributed by atoms with Crippen LogP contribution in [0.1, 0.15) is 46.0 Å². The van der Waals surface area contributed by atoms with Crippen LogP contribution in [-0.2, 0) is 14.5 Å². The molecule has 1 saturated carbocycles. The molecule has 0 bridgehead atoms. The Labute approximate surface area is 106 Å². The summed E-state index contributed by atoms with van der Waals surface area (Å²) in [6.07, 6.45) is 1.81. The molecule has 1 unspecified atom stereocenters. The van der Waals surface area contributed by atoms with E-state index in [4.69, 9.17) is 9.84 Å². The first-order valence-corrected chi connectivity index (χ1v) is 6.31. The van der Waals surface area contributed by atoms with E-state index < -0.39 is 12.3 Å². The Morgan fingerprint density at radius 1 is 1.22 bits per heavy atom. The maximum atomic E-state index is 11.1. The average molecular weight is 260 g/mol. The van der Waals surface area contributed by atoms with Crippen molar-refractivity contribution in [3.8, 4) is 0 Å². The van der Waals surface area contributed by atoms with E-state index in [1.807, 2.05) is 0 Å². The smallest absolute Gasteiger partial charge is 0.447 e. The highest BCUT2D eigenvalue weighted by Crippen LogP contribution is 2.32. The zero-order chi connectivity index (χ0) is 13.5. The van der Waals surface area contributed by atoms with E-state index in [-0.39, 0.29) is 6.10 Å². The van der Waals surface area contributed by atoms with Crippen LogP contribution in [0.5, 0.6) is 0 Å². The monoisotopic (exact) mass is 260 g/mol. The van der Waals surface area contributed by atoms with E-state index in [0.29, 0.717) is 11.8 Å². The van der Waals surface area contributed by atoms with Crippen LogP contribution in [0.15, 0.2) is 0 Å². The quantitative estimate of drug-likeness (QED) is 0.476. The van der Waals surface area contributed by atoms with Crippen molar-refractivity contribution in [2.75, 3.05) is 0 Å². The number of carbonyl (C=O) groups excluding carboxylic acids is 1. The lowest BCUT2D eigenvalue weighted by Crippen LogP contribution is -2.27. The zero-order valence-corrected chi connectivity index (χ0v) is 10.8. The topological polar surface area (TPSA) is 82.1 Å². The lowest BCUT2D eigenvalue weighted by atomic mass is 9.79. The van der Waals surface area contributed by atoms with Crippen molar-refractivity contribution in [1.29, 1.82) is 0 Å². The minimum Gasteiger partial charge on any atom is -0.447 e. The van der Waals surface area contributed by atoms with Gasteiger partial charge in [-0.15, -0.1) is 0 Å². The van der Waals surface area contributed by atoms with Crippen LogP contribution >= 0.6 is 0 Å². The third kappa shape index (κ3) is 4.81. The molecule has 1 aliphatic carbocycles. The van der Waals surface area contributed by atoms with Crippen molar-refractivity contribution < 1.29 is 29.2 Å². The third-order valence-corrected chi connectivity index (χ3v) is 3.61. The molecule has 18 heavy (non-hydrogen) atoms. The summed E-state index contributed by atoms with van der Waals surface area (Å²) in [6.45, 7) is 4.41. The van der Waals surface area contributed by atoms with Crippen molar-refractivity contribution >= 4 is 12.3 Å². The summed E-state index contributed by atoms with van der Waals surface area (Å²) in [7, 11) is 0. The normalized spacial score (nSPS) is 25.0. The van der Waals surface area contributed by atoms with Crippen molar-refractivity contribution in [2.24, 2.45) is 11.8 Å². The molecule has 0 saturated heterocycles. The first-order valence-electron chi connectivity index (χ1n) is 6.31. The van der Waals surface area contributed by atoms with Crippen LogP contribution in [0.2, 0.25) is 0 Å². The van der Waals surface area contributed by atoms with E-state index in [2.05, 4.69) is 23.6 Å². The van der Waals surface area contributed by atoms with Gasteiger partial charge in [-0.3, -0.25) is 0 Å². The summed E-state index contributed by atoms with van der Waals surface area (Å²) in [6, 6.07) is 0. The number of ether oxygens (including phenoxy) is 1. The van der Waals surface area contributed by atoms with Crippen molar-refractivity contribution in [2.45, 2.75) is 52.1 Å². The van der Waals surface area contributed by atoms with Crippen molar-refractivity contribution in [3.63, 3.8) is 0 Å². The van der Waals surface area contributed by atoms with Gasteiger partial charge in [-0.25, -0.2) is 9.68 Å². The molecule has 0 aliphatic heterocycles. The van der Waals surface area contributed by atoms with Crippen molar-refractivity contribution in [1.82, 2.24) is 0 Å². The van der Waals surface area contributed by atoms with Gasteiger partial charge in [0.05, 0.1) is 0 Å². The fourth-order valence-electron chi connectivity index (χ4n) is 2.33. The number of hydrogen-bond donors (Lipinski definition) is 1. The van der Waals surface area contributed by atoms with Gasteiger partial charge in [0.15, 0.2) is 0 Å². The van der Waals surface area contributed by atoms with Gasteiger partial charge in [0.2, 0.25) is 0 Å². The fourth-order valence-corrected chi connectivity index (χ4v) is 2.33. The van der Waals surface area contributed by atoms with Crippen LogP contribution in [0, 0.1) is 11.8 Å². The molecule has 1 fully saturated rings. The number of rotatable bonds is 3. The first kappa shape index (κ1) is 14.6. The molecule has 104 valence electrons. The van der Waals surface area contributed by atoms with Crippen LogP contribution in [0.3, 0.4) is 0 Å². The Hall–Kier alpha value is -1.46. The summed E-state index contributed by atoms with van der Waals surface area (Å²) in [5.74, 6) is 1.37. The van der Waals surface area contributed by atoms with Crippen LogP contribution in [0.25, 0.3) is 0 Å². The second-order valence-electron chi connectivity index (χ2n) is 4.72. The molecule has 6 nitrogen and oxygen atoms in total.